The van der Waals surface area contributed by atoms with Crippen LogP contribution in [0.1, 0.15) is 48.9 Å². The van der Waals surface area contributed by atoms with Gasteiger partial charge in [-0.05, 0) is 31.0 Å². The van der Waals surface area contributed by atoms with Crippen molar-refractivity contribution in [1.82, 2.24) is 0 Å². The zero-order valence-corrected chi connectivity index (χ0v) is 12.6. The lowest BCUT2D eigenvalue weighted by Crippen LogP contribution is -2.09. The Hall–Kier alpha value is -1.56. The van der Waals surface area contributed by atoms with Crippen LogP contribution in [0, 0.1) is 0 Å². The molecule has 0 spiro atoms. The zero-order chi connectivity index (χ0) is 16.8. The number of alkyl halides is 3. The lowest BCUT2D eigenvalue weighted by molar-refractivity contribution is -0.137. The maximum atomic E-state index is 11.9. The number of rotatable bonds is 8. The molecule has 0 heterocycles. The summed E-state index contributed by atoms with van der Waals surface area (Å²) in [4.78, 5) is 23.4. The highest BCUT2D eigenvalue weighted by molar-refractivity contribution is 6.34. The number of benzene rings is 1. The lowest BCUT2D eigenvalue weighted by atomic mass is 10.0. The predicted octanol–water partition coefficient (Wildman–Crippen LogP) is 4.58. The summed E-state index contributed by atoms with van der Waals surface area (Å²) in [5, 5.41) is 0.288. The fraction of sp³-hybridized carbons (Fsp3) is 0.467. The van der Waals surface area contributed by atoms with Crippen molar-refractivity contribution in [3.05, 3.63) is 28.8 Å². The Bertz CT molecular complexity index is 544. The van der Waals surface area contributed by atoms with Gasteiger partial charge in [0.05, 0.1) is 5.02 Å². The van der Waals surface area contributed by atoms with E-state index in [1.807, 2.05) is 0 Å². The molecule has 0 fully saturated rings. The van der Waals surface area contributed by atoms with Gasteiger partial charge in [-0.1, -0.05) is 11.6 Å². The van der Waals surface area contributed by atoms with Crippen molar-refractivity contribution in [1.29, 1.82) is 0 Å². The molecule has 0 radical (unpaired) electrons. The minimum atomic E-state index is -4.24. The SMILES string of the molecule is Nc1ccc(Cl)c(C(=O)CCCC(=O)CCCC(F)(F)F)c1. The highest BCUT2D eigenvalue weighted by atomic mass is 35.5. The van der Waals surface area contributed by atoms with Crippen LogP contribution in [0.15, 0.2) is 18.2 Å². The average Bonchev–Trinajstić information content (AvgIpc) is 2.40. The summed E-state index contributed by atoms with van der Waals surface area (Å²) in [6.45, 7) is 0. The number of nitrogens with two attached hydrogens (primary N) is 1. The number of hydrogen-bond donors (Lipinski definition) is 1. The molecular formula is C15H17ClF3NO2. The van der Waals surface area contributed by atoms with Crippen molar-refractivity contribution in [3.8, 4) is 0 Å². The van der Waals surface area contributed by atoms with Crippen molar-refractivity contribution < 1.29 is 22.8 Å². The summed E-state index contributed by atoms with van der Waals surface area (Å²) >= 11 is 5.89. The Morgan fingerprint density at radius 3 is 2.36 bits per heavy atom. The van der Waals surface area contributed by atoms with E-state index in [0.717, 1.165) is 0 Å². The van der Waals surface area contributed by atoms with E-state index in [0.29, 0.717) is 11.3 Å². The number of carbonyl (C=O) groups is 2. The first-order valence-electron chi connectivity index (χ1n) is 6.86. The summed E-state index contributed by atoms with van der Waals surface area (Å²) in [6, 6.07) is 4.56. The molecule has 0 aromatic heterocycles. The third kappa shape index (κ3) is 6.93. The summed E-state index contributed by atoms with van der Waals surface area (Å²) in [7, 11) is 0. The maximum absolute atomic E-state index is 11.9. The van der Waals surface area contributed by atoms with Crippen LogP contribution in [-0.2, 0) is 4.79 Å². The van der Waals surface area contributed by atoms with Crippen LogP contribution in [0.25, 0.3) is 0 Å². The van der Waals surface area contributed by atoms with E-state index < -0.39 is 12.6 Å². The van der Waals surface area contributed by atoms with Gasteiger partial charge in [0.2, 0.25) is 0 Å². The van der Waals surface area contributed by atoms with Gasteiger partial charge in [0.25, 0.3) is 0 Å². The van der Waals surface area contributed by atoms with Gasteiger partial charge in [-0.2, -0.15) is 13.2 Å². The second kappa shape index (κ2) is 8.17. The third-order valence-electron chi connectivity index (χ3n) is 3.07. The zero-order valence-electron chi connectivity index (χ0n) is 11.9. The molecule has 7 heteroatoms. The smallest absolute Gasteiger partial charge is 0.389 e. The highest BCUT2D eigenvalue weighted by Crippen LogP contribution is 2.23. The van der Waals surface area contributed by atoms with Gasteiger partial charge in [0.15, 0.2) is 5.78 Å². The number of anilines is 1. The largest absolute Gasteiger partial charge is 0.399 e. The first-order valence-corrected chi connectivity index (χ1v) is 7.23. The molecule has 2 N–H and O–H groups in total. The maximum Gasteiger partial charge on any atom is 0.389 e. The standard InChI is InChI=1S/C15H17ClF3NO2/c16-13-7-6-10(20)9-12(13)14(22)5-1-3-11(21)4-2-8-15(17,18)19/h6-7,9H,1-5,8,20H2. The normalized spacial score (nSPS) is 11.5. The average molecular weight is 336 g/mol. The predicted molar refractivity (Wildman–Crippen MR) is 79.0 cm³/mol. The molecule has 0 aliphatic heterocycles. The molecule has 0 amide bonds. The van der Waals surface area contributed by atoms with Crippen LogP contribution >= 0.6 is 11.6 Å². The van der Waals surface area contributed by atoms with Gasteiger partial charge in [-0.3, -0.25) is 9.59 Å². The van der Waals surface area contributed by atoms with Crippen molar-refractivity contribution >= 4 is 28.9 Å². The van der Waals surface area contributed by atoms with Crippen LogP contribution in [0.4, 0.5) is 18.9 Å². The molecule has 0 unspecified atom stereocenters. The highest BCUT2D eigenvalue weighted by Gasteiger charge is 2.26. The topological polar surface area (TPSA) is 60.2 Å². The lowest BCUT2D eigenvalue weighted by Gasteiger charge is -2.06. The fourth-order valence-electron chi connectivity index (χ4n) is 1.95. The monoisotopic (exact) mass is 335 g/mol. The Labute approximate surface area is 131 Å². The van der Waals surface area contributed by atoms with Crippen molar-refractivity contribution in [2.75, 3.05) is 5.73 Å². The molecule has 22 heavy (non-hydrogen) atoms. The van der Waals surface area contributed by atoms with Crippen LogP contribution in [0.3, 0.4) is 0 Å². The Kier molecular flexibility index (Phi) is 6.87. The van der Waals surface area contributed by atoms with Crippen LogP contribution in [0.2, 0.25) is 5.02 Å². The van der Waals surface area contributed by atoms with E-state index in [-0.39, 0.29) is 48.7 Å². The number of nitrogen functional groups attached to an aromatic ring is 1. The van der Waals surface area contributed by atoms with Crippen LogP contribution < -0.4 is 5.73 Å². The second-order valence-electron chi connectivity index (χ2n) is 5.02. The minimum Gasteiger partial charge on any atom is -0.399 e. The number of ketones is 2. The second-order valence-corrected chi connectivity index (χ2v) is 5.43. The first kappa shape index (κ1) is 18.5. The van der Waals surface area contributed by atoms with E-state index >= 15 is 0 Å². The first-order chi connectivity index (χ1) is 10.2. The molecule has 0 aliphatic carbocycles. The number of hydrogen-bond acceptors (Lipinski definition) is 3. The third-order valence-corrected chi connectivity index (χ3v) is 3.40. The van der Waals surface area contributed by atoms with Crippen molar-refractivity contribution in [2.24, 2.45) is 0 Å². The fourth-order valence-corrected chi connectivity index (χ4v) is 2.17. The molecular weight excluding hydrogens is 319 g/mol. The molecule has 122 valence electrons. The van der Waals surface area contributed by atoms with E-state index in [4.69, 9.17) is 17.3 Å². The molecule has 1 aromatic rings. The quantitative estimate of drug-likeness (QED) is 0.559. The van der Waals surface area contributed by atoms with E-state index in [2.05, 4.69) is 0 Å². The van der Waals surface area contributed by atoms with Gasteiger partial charge >= 0.3 is 6.18 Å². The Morgan fingerprint density at radius 1 is 1.09 bits per heavy atom. The number of Topliss-reactive ketones (excluding diaryl/α,β-unsaturated/α-hetero) is 2. The van der Waals surface area contributed by atoms with Crippen LogP contribution in [-0.4, -0.2) is 17.7 Å². The van der Waals surface area contributed by atoms with E-state index in [1.165, 1.54) is 12.1 Å². The summed E-state index contributed by atoms with van der Waals surface area (Å²) in [5.74, 6) is -0.504. The molecule has 0 aliphatic rings. The number of halogens is 4. The molecule has 1 rings (SSSR count). The van der Waals surface area contributed by atoms with Gasteiger partial charge in [0.1, 0.15) is 5.78 Å². The summed E-state index contributed by atoms with van der Waals surface area (Å²) in [5.41, 5.74) is 6.29. The van der Waals surface area contributed by atoms with Gasteiger partial charge < -0.3 is 5.73 Å². The molecule has 0 saturated carbocycles. The molecule has 1 aromatic carbocycles. The van der Waals surface area contributed by atoms with Gasteiger partial charge in [0, 0.05) is 36.9 Å². The molecule has 0 atom stereocenters. The van der Waals surface area contributed by atoms with Crippen molar-refractivity contribution in [2.45, 2.75) is 44.7 Å². The van der Waals surface area contributed by atoms with Crippen LogP contribution in [0.5, 0.6) is 0 Å². The summed E-state index contributed by atoms with van der Waals surface area (Å²) < 4.78 is 35.8. The Morgan fingerprint density at radius 2 is 1.73 bits per heavy atom. The minimum absolute atomic E-state index is 0.0868. The Balaban J connectivity index is 2.33. The van der Waals surface area contributed by atoms with E-state index in [9.17, 15) is 22.8 Å². The van der Waals surface area contributed by atoms with Crippen molar-refractivity contribution in [3.63, 3.8) is 0 Å². The number of carbonyl (C=O) groups excluding carboxylic acids is 2. The molecule has 0 saturated heterocycles. The van der Waals surface area contributed by atoms with E-state index in [1.54, 1.807) is 6.07 Å². The molecule has 0 bridgehead atoms. The summed E-state index contributed by atoms with van der Waals surface area (Å²) in [6.07, 6.45) is -5.05. The van der Waals surface area contributed by atoms with Gasteiger partial charge in [-0.15, -0.1) is 0 Å². The molecule has 3 nitrogen and oxygen atoms in total. The van der Waals surface area contributed by atoms with Gasteiger partial charge in [-0.25, -0.2) is 0 Å².